The lowest BCUT2D eigenvalue weighted by molar-refractivity contribution is -0.143. The maximum Gasteiger partial charge on any atom is 0.261 e. The van der Waals surface area contributed by atoms with Gasteiger partial charge in [0, 0.05) is 21.6 Å². The molecule has 1 atom stereocenters. The molecule has 168 valence electrons. The van der Waals surface area contributed by atoms with Crippen LogP contribution in [0.15, 0.2) is 46.9 Å². The number of nitrogens with one attached hydrogen (secondary N) is 1. The van der Waals surface area contributed by atoms with Crippen molar-refractivity contribution in [3.05, 3.63) is 63.1 Å². The third-order valence-electron chi connectivity index (χ3n) is 4.64. The highest BCUT2D eigenvalue weighted by Gasteiger charge is 2.30. The van der Waals surface area contributed by atoms with Crippen LogP contribution in [0.4, 0.5) is 0 Å². The normalized spacial score (nSPS) is 12.2. The van der Waals surface area contributed by atoms with E-state index in [0.29, 0.717) is 17.2 Å². The SMILES string of the molecule is CC[C@@H](C(=O)NC(C)(C)C)N(Cc1ccc(Cl)cc1)C(=O)COc1ccc(Br)c(C)c1. The smallest absolute Gasteiger partial charge is 0.261 e. The highest BCUT2D eigenvalue weighted by Crippen LogP contribution is 2.22. The Morgan fingerprint density at radius 2 is 1.81 bits per heavy atom. The van der Waals surface area contributed by atoms with E-state index in [2.05, 4.69) is 21.2 Å². The molecule has 0 radical (unpaired) electrons. The molecule has 2 amide bonds. The number of carbonyl (C=O) groups excluding carboxylic acids is 2. The van der Waals surface area contributed by atoms with Crippen LogP contribution in [-0.2, 0) is 16.1 Å². The Morgan fingerprint density at radius 1 is 1.16 bits per heavy atom. The molecule has 0 bridgehead atoms. The van der Waals surface area contributed by atoms with E-state index in [4.69, 9.17) is 16.3 Å². The van der Waals surface area contributed by atoms with Gasteiger partial charge in [0.05, 0.1) is 0 Å². The third kappa shape index (κ3) is 7.86. The van der Waals surface area contributed by atoms with Crippen LogP contribution < -0.4 is 10.1 Å². The van der Waals surface area contributed by atoms with E-state index in [0.717, 1.165) is 15.6 Å². The van der Waals surface area contributed by atoms with Gasteiger partial charge in [0.2, 0.25) is 5.91 Å². The number of ether oxygens (including phenoxy) is 1. The summed E-state index contributed by atoms with van der Waals surface area (Å²) in [7, 11) is 0. The highest BCUT2D eigenvalue weighted by atomic mass is 79.9. The van der Waals surface area contributed by atoms with Gasteiger partial charge in [-0.2, -0.15) is 0 Å². The third-order valence-corrected chi connectivity index (χ3v) is 5.78. The minimum atomic E-state index is -0.613. The molecular weight excluding hydrogens is 480 g/mol. The molecule has 5 nitrogen and oxygen atoms in total. The molecule has 0 aliphatic carbocycles. The molecule has 0 saturated carbocycles. The molecule has 31 heavy (non-hydrogen) atoms. The summed E-state index contributed by atoms with van der Waals surface area (Å²) in [6, 6.07) is 12.2. The summed E-state index contributed by atoms with van der Waals surface area (Å²) in [5.41, 5.74) is 1.50. The minimum Gasteiger partial charge on any atom is -0.484 e. The summed E-state index contributed by atoms with van der Waals surface area (Å²) in [5, 5.41) is 3.61. The summed E-state index contributed by atoms with van der Waals surface area (Å²) in [5.74, 6) is 0.163. The molecule has 0 unspecified atom stereocenters. The Labute approximate surface area is 198 Å². The predicted molar refractivity (Wildman–Crippen MR) is 128 cm³/mol. The molecule has 0 fully saturated rings. The Kier molecular flexibility index (Phi) is 8.95. The van der Waals surface area contributed by atoms with E-state index < -0.39 is 11.6 Å². The van der Waals surface area contributed by atoms with Gasteiger partial charge in [0.1, 0.15) is 11.8 Å². The zero-order chi connectivity index (χ0) is 23.2. The molecule has 2 rings (SSSR count). The quantitative estimate of drug-likeness (QED) is 0.510. The van der Waals surface area contributed by atoms with Crippen LogP contribution in [0.3, 0.4) is 0 Å². The fourth-order valence-electron chi connectivity index (χ4n) is 3.09. The molecule has 0 aromatic heterocycles. The van der Waals surface area contributed by atoms with Crippen molar-refractivity contribution in [1.82, 2.24) is 10.2 Å². The van der Waals surface area contributed by atoms with Crippen molar-refractivity contribution in [3.63, 3.8) is 0 Å². The Morgan fingerprint density at radius 3 is 2.35 bits per heavy atom. The van der Waals surface area contributed by atoms with E-state index in [1.807, 2.05) is 58.9 Å². The maximum atomic E-state index is 13.2. The average molecular weight is 510 g/mol. The van der Waals surface area contributed by atoms with Gasteiger partial charge >= 0.3 is 0 Å². The van der Waals surface area contributed by atoms with E-state index in [9.17, 15) is 9.59 Å². The Hall–Kier alpha value is -2.05. The number of carbonyl (C=O) groups is 2. The summed E-state index contributed by atoms with van der Waals surface area (Å²) in [6.07, 6.45) is 0.485. The lowest BCUT2D eigenvalue weighted by Gasteiger charge is -2.33. The molecule has 0 spiro atoms. The molecule has 7 heteroatoms. The zero-order valence-corrected chi connectivity index (χ0v) is 21.0. The van der Waals surface area contributed by atoms with E-state index in [1.165, 1.54) is 0 Å². The van der Waals surface area contributed by atoms with Crippen LogP contribution in [0.2, 0.25) is 5.02 Å². The summed E-state index contributed by atoms with van der Waals surface area (Å²) < 4.78 is 6.72. The number of rotatable bonds is 8. The van der Waals surface area contributed by atoms with Crippen LogP contribution in [0.25, 0.3) is 0 Å². The molecule has 2 aromatic rings. The number of amides is 2. The van der Waals surface area contributed by atoms with E-state index in [-0.39, 0.29) is 25.0 Å². The monoisotopic (exact) mass is 508 g/mol. The number of hydrogen-bond donors (Lipinski definition) is 1. The van der Waals surface area contributed by atoms with E-state index >= 15 is 0 Å². The van der Waals surface area contributed by atoms with Gasteiger partial charge < -0.3 is 15.0 Å². The molecule has 0 heterocycles. The molecule has 0 aliphatic rings. The van der Waals surface area contributed by atoms with Gasteiger partial charge in [-0.15, -0.1) is 0 Å². The van der Waals surface area contributed by atoms with Gasteiger partial charge in [0.25, 0.3) is 5.91 Å². The second-order valence-electron chi connectivity index (χ2n) is 8.51. The molecule has 0 aliphatic heterocycles. The van der Waals surface area contributed by atoms with Crippen LogP contribution in [0.5, 0.6) is 5.75 Å². The lowest BCUT2D eigenvalue weighted by atomic mass is 10.1. The van der Waals surface area contributed by atoms with Crippen molar-refractivity contribution in [3.8, 4) is 5.75 Å². The summed E-state index contributed by atoms with van der Waals surface area (Å²) in [4.78, 5) is 27.7. The van der Waals surface area contributed by atoms with Crippen molar-refractivity contribution < 1.29 is 14.3 Å². The first kappa shape index (κ1) is 25.2. The van der Waals surface area contributed by atoms with E-state index in [1.54, 1.807) is 23.1 Å². The van der Waals surface area contributed by atoms with Gasteiger partial charge in [-0.3, -0.25) is 9.59 Å². The van der Waals surface area contributed by atoms with Gasteiger partial charge in [0.15, 0.2) is 6.61 Å². The molecule has 0 saturated heterocycles. The Balaban J connectivity index is 2.23. The van der Waals surface area contributed by atoms with Crippen molar-refractivity contribution in [2.24, 2.45) is 0 Å². The topological polar surface area (TPSA) is 58.6 Å². The Bertz CT molecular complexity index is 910. The van der Waals surface area contributed by atoms with Gasteiger partial charge in [-0.1, -0.05) is 46.6 Å². The lowest BCUT2D eigenvalue weighted by Crippen LogP contribution is -2.54. The molecule has 2 aromatic carbocycles. The van der Waals surface area contributed by atoms with Crippen LogP contribution in [0.1, 0.15) is 45.2 Å². The van der Waals surface area contributed by atoms with Crippen molar-refractivity contribution in [2.75, 3.05) is 6.61 Å². The minimum absolute atomic E-state index is 0.159. The average Bonchev–Trinajstić information content (AvgIpc) is 2.68. The van der Waals surface area contributed by atoms with Gasteiger partial charge in [-0.25, -0.2) is 0 Å². The van der Waals surface area contributed by atoms with Gasteiger partial charge in [-0.05, 0) is 75.6 Å². The second kappa shape index (κ2) is 11.0. The number of benzene rings is 2. The first-order valence-corrected chi connectivity index (χ1v) is 11.4. The fourth-order valence-corrected chi connectivity index (χ4v) is 3.47. The molecular formula is C24H30BrClN2O3. The first-order chi connectivity index (χ1) is 14.5. The zero-order valence-electron chi connectivity index (χ0n) is 18.7. The van der Waals surface area contributed by atoms with Crippen molar-refractivity contribution in [2.45, 2.75) is 59.2 Å². The highest BCUT2D eigenvalue weighted by molar-refractivity contribution is 9.10. The molecule has 1 N–H and O–H groups in total. The maximum absolute atomic E-state index is 13.2. The summed E-state index contributed by atoms with van der Waals surface area (Å²) in [6.45, 7) is 9.73. The van der Waals surface area contributed by atoms with Crippen LogP contribution in [-0.4, -0.2) is 34.9 Å². The summed E-state index contributed by atoms with van der Waals surface area (Å²) >= 11 is 9.46. The van der Waals surface area contributed by atoms with Crippen molar-refractivity contribution in [1.29, 1.82) is 0 Å². The predicted octanol–water partition coefficient (Wildman–Crippen LogP) is 5.51. The second-order valence-corrected chi connectivity index (χ2v) is 9.80. The first-order valence-electron chi connectivity index (χ1n) is 10.2. The number of halogens is 2. The van der Waals surface area contributed by atoms with Crippen LogP contribution >= 0.6 is 27.5 Å². The number of nitrogens with zero attached hydrogens (tertiary/aromatic N) is 1. The number of aryl methyl sites for hydroxylation is 1. The number of hydrogen-bond acceptors (Lipinski definition) is 3. The van der Waals surface area contributed by atoms with Crippen molar-refractivity contribution >= 4 is 39.3 Å². The fraction of sp³-hybridized carbons (Fsp3) is 0.417. The standard InChI is InChI=1S/C24H30BrClN2O3/c1-6-21(23(30)27-24(3,4)5)28(14-17-7-9-18(26)10-8-17)22(29)15-31-19-11-12-20(25)16(2)13-19/h7-13,21H,6,14-15H2,1-5H3,(H,27,30)/t21-/m0/s1. The largest absolute Gasteiger partial charge is 0.484 e. The van der Waals surface area contributed by atoms with Crippen LogP contribution in [0, 0.1) is 6.92 Å².